The van der Waals surface area contributed by atoms with Crippen molar-refractivity contribution in [3.8, 4) is 0 Å². The number of aromatic nitrogens is 1. The summed E-state index contributed by atoms with van der Waals surface area (Å²) in [6.45, 7) is 0. The molecule has 15 heavy (non-hydrogen) atoms. The third-order valence-electron chi connectivity index (χ3n) is 2.10. The minimum atomic E-state index is -0.0730. The third-order valence-corrected chi connectivity index (χ3v) is 2.10. The van der Waals surface area contributed by atoms with Gasteiger partial charge in [-0.1, -0.05) is 30.3 Å². The number of ketones is 1. The van der Waals surface area contributed by atoms with E-state index >= 15 is 0 Å². The van der Waals surface area contributed by atoms with Crippen LogP contribution in [-0.4, -0.2) is 5.78 Å². The average Bonchev–Trinajstić information content (AvgIpc) is 2.30. The third kappa shape index (κ3) is 2.02. The first-order valence-corrected chi connectivity index (χ1v) is 4.56. The second-order valence-corrected chi connectivity index (χ2v) is 3.14. The fraction of sp³-hybridized carbons (Fsp3) is 0. The Hall–Kier alpha value is -2.16. The van der Waals surface area contributed by atoms with Gasteiger partial charge in [0.05, 0.1) is 0 Å². The van der Waals surface area contributed by atoms with Crippen LogP contribution >= 0.6 is 0 Å². The largest absolute Gasteiger partial charge is 0.619 e. The van der Waals surface area contributed by atoms with Crippen molar-refractivity contribution in [2.24, 2.45) is 0 Å². The summed E-state index contributed by atoms with van der Waals surface area (Å²) in [7, 11) is 0. The summed E-state index contributed by atoms with van der Waals surface area (Å²) in [5, 5.41) is 10.8. The fourth-order valence-electron chi connectivity index (χ4n) is 1.32. The Morgan fingerprint density at radius 3 is 2.07 bits per heavy atom. The van der Waals surface area contributed by atoms with E-state index in [0.717, 1.165) is 0 Å². The van der Waals surface area contributed by atoms with Crippen molar-refractivity contribution in [1.82, 2.24) is 0 Å². The fourth-order valence-corrected chi connectivity index (χ4v) is 1.32. The van der Waals surface area contributed by atoms with E-state index in [0.29, 0.717) is 15.9 Å². The molecule has 0 N–H and O–H groups in total. The SMILES string of the molecule is O=C(c1ccccc1)c1cc[n+]([O-])cc1. The first-order valence-electron chi connectivity index (χ1n) is 4.56. The van der Waals surface area contributed by atoms with Crippen LogP contribution in [0, 0.1) is 5.21 Å². The van der Waals surface area contributed by atoms with Crippen molar-refractivity contribution in [3.05, 3.63) is 71.2 Å². The van der Waals surface area contributed by atoms with Crippen LogP contribution in [0.4, 0.5) is 0 Å². The molecule has 2 aromatic rings. The zero-order valence-electron chi connectivity index (χ0n) is 7.96. The smallest absolute Gasteiger partial charge is 0.193 e. The molecular formula is C12H9NO2. The Bertz CT molecular complexity index is 463. The maximum atomic E-state index is 11.8. The summed E-state index contributed by atoms with van der Waals surface area (Å²) in [6, 6.07) is 12.0. The molecule has 0 aliphatic carbocycles. The van der Waals surface area contributed by atoms with Gasteiger partial charge in [0.25, 0.3) is 0 Å². The first kappa shape index (κ1) is 9.40. The molecule has 2 rings (SSSR count). The highest BCUT2D eigenvalue weighted by molar-refractivity contribution is 6.08. The number of pyridine rings is 1. The second kappa shape index (κ2) is 3.92. The number of carbonyl (C=O) groups is 1. The molecule has 0 fully saturated rings. The summed E-state index contributed by atoms with van der Waals surface area (Å²) in [4.78, 5) is 11.8. The summed E-state index contributed by atoms with van der Waals surface area (Å²) in [5.41, 5.74) is 1.15. The van der Waals surface area contributed by atoms with E-state index in [1.165, 1.54) is 24.5 Å². The number of benzene rings is 1. The normalized spacial score (nSPS) is 9.87. The predicted molar refractivity (Wildman–Crippen MR) is 55.3 cm³/mol. The molecule has 74 valence electrons. The highest BCUT2D eigenvalue weighted by Gasteiger charge is 2.08. The van der Waals surface area contributed by atoms with E-state index in [2.05, 4.69) is 0 Å². The monoisotopic (exact) mass is 199 g/mol. The summed E-state index contributed by atoms with van der Waals surface area (Å²) >= 11 is 0. The molecule has 0 aliphatic heterocycles. The Morgan fingerprint density at radius 1 is 0.933 bits per heavy atom. The van der Waals surface area contributed by atoms with E-state index in [1.54, 1.807) is 12.1 Å². The van der Waals surface area contributed by atoms with Crippen LogP contribution in [0.3, 0.4) is 0 Å². The highest BCUT2D eigenvalue weighted by atomic mass is 16.5. The standard InChI is InChI=1S/C12H9NO2/c14-12(10-4-2-1-3-5-10)11-6-8-13(15)9-7-11/h1-9H. The summed E-state index contributed by atoms with van der Waals surface area (Å²) in [5.74, 6) is -0.0730. The van der Waals surface area contributed by atoms with Crippen molar-refractivity contribution in [2.45, 2.75) is 0 Å². The molecule has 0 aliphatic rings. The Balaban J connectivity index is 2.33. The van der Waals surface area contributed by atoms with E-state index in [1.807, 2.05) is 18.2 Å². The van der Waals surface area contributed by atoms with Crippen molar-refractivity contribution >= 4 is 5.78 Å². The Kier molecular flexibility index (Phi) is 2.46. The van der Waals surface area contributed by atoms with Crippen LogP contribution in [0.1, 0.15) is 15.9 Å². The molecule has 0 spiro atoms. The number of hydrogen-bond acceptors (Lipinski definition) is 2. The van der Waals surface area contributed by atoms with Crippen molar-refractivity contribution in [1.29, 1.82) is 0 Å². The van der Waals surface area contributed by atoms with Crippen LogP contribution in [0.2, 0.25) is 0 Å². The van der Waals surface area contributed by atoms with Gasteiger partial charge in [-0.3, -0.25) is 4.79 Å². The maximum Gasteiger partial charge on any atom is 0.193 e. The molecule has 3 nitrogen and oxygen atoms in total. The average molecular weight is 199 g/mol. The lowest BCUT2D eigenvalue weighted by molar-refractivity contribution is -0.605. The van der Waals surface area contributed by atoms with Gasteiger partial charge in [-0.25, -0.2) is 0 Å². The van der Waals surface area contributed by atoms with Gasteiger partial charge in [-0.15, -0.1) is 0 Å². The lowest BCUT2D eigenvalue weighted by atomic mass is 10.1. The second-order valence-electron chi connectivity index (χ2n) is 3.14. The molecule has 0 atom stereocenters. The molecule has 1 aromatic carbocycles. The van der Waals surface area contributed by atoms with E-state index in [-0.39, 0.29) is 5.78 Å². The molecule has 0 radical (unpaired) electrons. The van der Waals surface area contributed by atoms with Gasteiger partial charge in [-0.2, -0.15) is 4.73 Å². The van der Waals surface area contributed by atoms with Gasteiger partial charge < -0.3 is 5.21 Å². The van der Waals surface area contributed by atoms with Gasteiger partial charge in [0.15, 0.2) is 18.2 Å². The quantitative estimate of drug-likeness (QED) is 0.418. The van der Waals surface area contributed by atoms with Crippen LogP contribution in [0.15, 0.2) is 54.9 Å². The van der Waals surface area contributed by atoms with Gasteiger partial charge in [0.1, 0.15) is 0 Å². The van der Waals surface area contributed by atoms with E-state index in [9.17, 15) is 10.0 Å². The van der Waals surface area contributed by atoms with Crippen molar-refractivity contribution < 1.29 is 9.52 Å². The van der Waals surface area contributed by atoms with Gasteiger partial charge in [-0.05, 0) is 0 Å². The molecule has 0 amide bonds. The molecule has 1 aromatic heterocycles. The number of carbonyl (C=O) groups excluding carboxylic acids is 1. The van der Waals surface area contributed by atoms with Crippen LogP contribution in [-0.2, 0) is 0 Å². The molecule has 3 heteroatoms. The van der Waals surface area contributed by atoms with Gasteiger partial charge in [0.2, 0.25) is 0 Å². The molecule has 0 unspecified atom stereocenters. The van der Waals surface area contributed by atoms with Crippen molar-refractivity contribution in [3.63, 3.8) is 0 Å². The summed E-state index contributed by atoms with van der Waals surface area (Å²) < 4.78 is 0.655. The molecule has 1 heterocycles. The number of rotatable bonds is 2. The van der Waals surface area contributed by atoms with E-state index < -0.39 is 0 Å². The minimum Gasteiger partial charge on any atom is -0.619 e. The highest BCUT2D eigenvalue weighted by Crippen LogP contribution is 2.07. The Labute approximate surface area is 87.2 Å². The predicted octanol–water partition coefficient (Wildman–Crippen LogP) is 1.55. The molecular weight excluding hydrogens is 190 g/mol. The minimum absolute atomic E-state index is 0.0730. The first-order chi connectivity index (χ1) is 7.27. The maximum absolute atomic E-state index is 11.8. The molecule has 0 saturated carbocycles. The molecule has 0 bridgehead atoms. The van der Waals surface area contributed by atoms with E-state index in [4.69, 9.17) is 0 Å². The lowest BCUT2D eigenvalue weighted by Gasteiger charge is -2.00. The van der Waals surface area contributed by atoms with Crippen LogP contribution < -0.4 is 4.73 Å². The summed E-state index contributed by atoms with van der Waals surface area (Å²) in [6.07, 6.45) is 2.63. The van der Waals surface area contributed by atoms with Crippen LogP contribution in [0.25, 0.3) is 0 Å². The van der Waals surface area contributed by atoms with Gasteiger partial charge >= 0.3 is 0 Å². The van der Waals surface area contributed by atoms with Crippen molar-refractivity contribution in [2.75, 3.05) is 0 Å². The molecule has 0 saturated heterocycles. The topological polar surface area (TPSA) is 44.0 Å². The van der Waals surface area contributed by atoms with Crippen LogP contribution in [0.5, 0.6) is 0 Å². The number of nitrogens with zero attached hydrogens (tertiary/aromatic N) is 1. The Morgan fingerprint density at radius 2 is 1.47 bits per heavy atom. The number of hydrogen-bond donors (Lipinski definition) is 0. The van der Waals surface area contributed by atoms with Gasteiger partial charge in [0, 0.05) is 23.3 Å². The lowest BCUT2D eigenvalue weighted by Crippen LogP contribution is -2.24. The zero-order valence-corrected chi connectivity index (χ0v) is 7.96. The zero-order chi connectivity index (χ0) is 10.7.